The molecule has 2 aromatic heterocycles. The summed E-state index contributed by atoms with van der Waals surface area (Å²) in [4.78, 5) is 12.1. The van der Waals surface area contributed by atoms with Gasteiger partial charge in [-0.05, 0) is 18.6 Å². The zero-order valence-electron chi connectivity index (χ0n) is 9.64. The van der Waals surface area contributed by atoms with E-state index in [1.165, 1.54) is 0 Å². The molecule has 1 atom stereocenters. The van der Waals surface area contributed by atoms with Gasteiger partial charge in [0.2, 0.25) is 0 Å². The number of rotatable bonds is 3. The van der Waals surface area contributed by atoms with Crippen molar-refractivity contribution in [3.63, 3.8) is 0 Å². The Morgan fingerprint density at radius 3 is 2.94 bits per heavy atom. The van der Waals surface area contributed by atoms with Crippen molar-refractivity contribution < 1.29 is 4.74 Å². The van der Waals surface area contributed by atoms with Gasteiger partial charge >= 0.3 is 0 Å². The van der Waals surface area contributed by atoms with E-state index in [1.54, 1.807) is 6.07 Å². The molecule has 5 nitrogen and oxygen atoms in total. The molecule has 0 N–H and O–H groups in total. The smallest absolute Gasteiger partial charge is 0.271 e. The molecule has 0 unspecified atom stereocenters. The summed E-state index contributed by atoms with van der Waals surface area (Å²) in [6.45, 7) is 8.53. The van der Waals surface area contributed by atoms with Crippen molar-refractivity contribution in [2.75, 3.05) is 6.61 Å². The Bertz CT molecular complexity index is 627. The quantitative estimate of drug-likeness (QED) is 0.631. The van der Waals surface area contributed by atoms with Crippen LogP contribution in [0.4, 0.5) is 5.82 Å². The molecule has 0 amide bonds. The Balaban J connectivity index is 2.09. The third kappa shape index (κ3) is 1.84. The minimum atomic E-state index is 0.211. The zero-order valence-corrected chi connectivity index (χ0v) is 10.4. The summed E-state index contributed by atoms with van der Waals surface area (Å²) in [6, 6.07) is 3.48. The number of pyridine rings is 1. The standard InChI is InChI=1S/C12H11ClN4O/c1-14-10-3-2-9-12(16-10)17(11(6-13)15-9)7-8-4-5-18-8/h2-3,8H,4-7H2/t8-/m0/s1. The fourth-order valence-electron chi connectivity index (χ4n) is 2.03. The number of fused-ring (bicyclic) bond motifs is 1. The molecule has 18 heavy (non-hydrogen) atoms. The Kier molecular flexibility index (Phi) is 2.90. The van der Waals surface area contributed by atoms with E-state index >= 15 is 0 Å². The van der Waals surface area contributed by atoms with E-state index in [0.717, 1.165) is 30.0 Å². The summed E-state index contributed by atoms with van der Waals surface area (Å²) < 4.78 is 7.39. The molecular weight excluding hydrogens is 252 g/mol. The molecule has 3 heterocycles. The van der Waals surface area contributed by atoms with Crippen molar-refractivity contribution in [1.29, 1.82) is 0 Å². The molecule has 1 fully saturated rings. The van der Waals surface area contributed by atoms with Crippen LogP contribution in [-0.4, -0.2) is 27.2 Å². The van der Waals surface area contributed by atoms with Gasteiger partial charge in [0.25, 0.3) is 11.5 Å². The van der Waals surface area contributed by atoms with Gasteiger partial charge in [-0.15, -0.1) is 11.6 Å². The predicted octanol–water partition coefficient (Wildman–Crippen LogP) is 2.51. The van der Waals surface area contributed by atoms with Gasteiger partial charge in [0.15, 0.2) is 0 Å². The molecule has 0 aliphatic carbocycles. The largest absolute Gasteiger partial charge is 0.376 e. The second-order valence-corrected chi connectivity index (χ2v) is 4.44. The Morgan fingerprint density at radius 2 is 2.33 bits per heavy atom. The van der Waals surface area contributed by atoms with E-state index in [-0.39, 0.29) is 6.10 Å². The van der Waals surface area contributed by atoms with Crippen molar-refractivity contribution in [2.45, 2.75) is 24.9 Å². The van der Waals surface area contributed by atoms with Gasteiger partial charge in [0, 0.05) is 6.61 Å². The molecule has 0 saturated carbocycles. The Morgan fingerprint density at radius 1 is 1.50 bits per heavy atom. The van der Waals surface area contributed by atoms with Crippen molar-refractivity contribution in [3.05, 3.63) is 29.4 Å². The highest BCUT2D eigenvalue weighted by molar-refractivity contribution is 6.16. The molecule has 0 spiro atoms. The van der Waals surface area contributed by atoms with Crippen LogP contribution in [0.3, 0.4) is 0 Å². The molecule has 1 aliphatic heterocycles. The number of halogens is 1. The predicted molar refractivity (Wildman–Crippen MR) is 67.7 cm³/mol. The van der Waals surface area contributed by atoms with Gasteiger partial charge in [-0.1, -0.05) is 11.6 Å². The van der Waals surface area contributed by atoms with Crippen molar-refractivity contribution in [2.24, 2.45) is 0 Å². The summed E-state index contributed by atoms with van der Waals surface area (Å²) in [7, 11) is 0. The summed E-state index contributed by atoms with van der Waals surface area (Å²) in [5, 5.41) is 0. The minimum Gasteiger partial charge on any atom is -0.376 e. The lowest BCUT2D eigenvalue weighted by Gasteiger charge is -2.26. The second-order valence-electron chi connectivity index (χ2n) is 4.18. The molecule has 0 aromatic carbocycles. The fraction of sp³-hybridized carbons (Fsp3) is 0.417. The lowest BCUT2D eigenvalue weighted by atomic mass is 10.2. The first-order valence-corrected chi connectivity index (χ1v) is 6.26. The third-order valence-corrected chi connectivity index (χ3v) is 3.31. The first-order valence-electron chi connectivity index (χ1n) is 5.73. The van der Waals surface area contributed by atoms with E-state index in [0.29, 0.717) is 18.2 Å². The summed E-state index contributed by atoms with van der Waals surface area (Å²) in [5.74, 6) is 1.48. The van der Waals surface area contributed by atoms with Crippen LogP contribution in [0.2, 0.25) is 0 Å². The van der Waals surface area contributed by atoms with Crippen molar-refractivity contribution in [1.82, 2.24) is 14.5 Å². The average Bonchev–Trinajstić information content (AvgIpc) is 2.70. The number of alkyl halides is 1. The molecule has 0 bridgehead atoms. The summed E-state index contributed by atoms with van der Waals surface area (Å²) >= 11 is 5.91. The fourth-order valence-corrected chi connectivity index (χ4v) is 2.23. The van der Waals surface area contributed by atoms with Crippen molar-refractivity contribution in [3.8, 4) is 0 Å². The molecule has 1 saturated heterocycles. The number of hydrogen-bond acceptors (Lipinski definition) is 3. The third-order valence-electron chi connectivity index (χ3n) is 3.07. The van der Waals surface area contributed by atoms with E-state index < -0.39 is 0 Å². The Hall–Kier alpha value is -1.64. The van der Waals surface area contributed by atoms with E-state index in [9.17, 15) is 0 Å². The lowest BCUT2D eigenvalue weighted by molar-refractivity contribution is -0.0590. The van der Waals surface area contributed by atoms with Crippen LogP contribution in [0, 0.1) is 6.57 Å². The molecule has 0 radical (unpaired) electrons. The normalized spacial score (nSPS) is 18.6. The molecule has 6 heteroatoms. The van der Waals surface area contributed by atoms with Crippen LogP contribution in [0.15, 0.2) is 12.1 Å². The molecular formula is C12H11ClN4O. The van der Waals surface area contributed by atoms with Crippen LogP contribution in [0.1, 0.15) is 12.2 Å². The number of aromatic nitrogens is 3. The van der Waals surface area contributed by atoms with Gasteiger partial charge in [-0.2, -0.15) is 0 Å². The van der Waals surface area contributed by atoms with Crippen molar-refractivity contribution >= 4 is 28.6 Å². The van der Waals surface area contributed by atoms with E-state index in [4.69, 9.17) is 22.9 Å². The minimum absolute atomic E-state index is 0.211. The second kappa shape index (κ2) is 4.56. The molecule has 92 valence electrons. The van der Waals surface area contributed by atoms with Crippen LogP contribution >= 0.6 is 11.6 Å². The monoisotopic (exact) mass is 262 g/mol. The van der Waals surface area contributed by atoms with Gasteiger partial charge in [0.1, 0.15) is 11.3 Å². The number of imidazole rings is 1. The van der Waals surface area contributed by atoms with Crippen LogP contribution in [0.25, 0.3) is 16.0 Å². The summed E-state index contributed by atoms with van der Waals surface area (Å²) in [6.07, 6.45) is 1.26. The van der Waals surface area contributed by atoms with Gasteiger partial charge < -0.3 is 9.58 Å². The van der Waals surface area contributed by atoms with Crippen LogP contribution in [-0.2, 0) is 17.2 Å². The van der Waals surface area contributed by atoms with Gasteiger partial charge in [-0.25, -0.2) is 4.98 Å². The first kappa shape index (κ1) is 11.5. The first-order chi connectivity index (χ1) is 8.81. The molecule has 1 aliphatic rings. The Labute approximate surface area is 109 Å². The number of hydrogen-bond donors (Lipinski definition) is 0. The van der Waals surface area contributed by atoms with Crippen LogP contribution < -0.4 is 0 Å². The van der Waals surface area contributed by atoms with Gasteiger partial charge in [0.05, 0.1) is 18.5 Å². The molecule has 2 aromatic rings. The number of nitrogens with zero attached hydrogens (tertiary/aromatic N) is 4. The highest BCUT2D eigenvalue weighted by atomic mass is 35.5. The van der Waals surface area contributed by atoms with Crippen LogP contribution in [0.5, 0.6) is 0 Å². The van der Waals surface area contributed by atoms with E-state index in [1.807, 2.05) is 10.6 Å². The van der Waals surface area contributed by atoms with Gasteiger partial charge in [-0.3, -0.25) is 4.57 Å². The maximum Gasteiger partial charge on any atom is 0.271 e. The maximum atomic E-state index is 7.01. The highest BCUT2D eigenvalue weighted by Crippen LogP contribution is 2.22. The number of ether oxygens (including phenoxy) is 1. The average molecular weight is 263 g/mol. The highest BCUT2D eigenvalue weighted by Gasteiger charge is 2.23. The van der Waals surface area contributed by atoms with E-state index in [2.05, 4.69) is 14.8 Å². The SMILES string of the molecule is [C-]#[N+]c1ccc2nc(CCl)n(C[C@@H]3CCO3)c2n1. The maximum absolute atomic E-state index is 7.01. The zero-order chi connectivity index (χ0) is 12.5. The molecule has 3 rings (SSSR count). The topological polar surface area (TPSA) is 44.3 Å². The summed E-state index contributed by atoms with van der Waals surface area (Å²) in [5.41, 5.74) is 1.49. The lowest BCUT2D eigenvalue weighted by Crippen LogP contribution is -2.31.